The molecular formula is C26H33NO2. The zero-order valence-corrected chi connectivity index (χ0v) is 18.0. The summed E-state index contributed by atoms with van der Waals surface area (Å²) >= 11 is 0. The standard InChI is InChI=1S/C26H33NO2/c1-19-9-12-22(13-10-19)20(2)29-18-25(28)17-27-26(3,4)16-21-11-14-23-7-5-6-8-24(23)15-21/h5-15,20,25,27-28H,16-18H2,1-4H3. The fourth-order valence-corrected chi connectivity index (χ4v) is 3.56. The van der Waals surface area contributed by atoms with Gasteiger partial charge in [-0.15, -0.1) is 0 Å². The number of aliphatic hydroxyl groups excluding tert-OH is 1. The minimum absolute atomic E-state index is 0.0316. The van der Waals surface area contributed by atoms with E-state index in [-0.39, 0.29) is 11.6 Å². The van der Waals surface area contributed by atoms with E-state index in [1.54, 1.807) is 0 Å². The lowest BCUT2D eigenvalue weighted by Crippen LogP contribution is -2.46. The van der Waals surface area contributed by atoms with Crippen LogP contribution in [0.25, 0.3) is 10.8 Å². The molecule has 3 aromatic rings. The van der Waals surface area contributed by atoms with Crippen molar-refractivity contribution in [1.29, 1.82) is 0 Å². The maximum absolute atomic E-state index is 10.4. The van der Waals surface area contributed by atoms with Crippen molar-refractivity contribution in [3.8, 4) is 0 Å². The number of benzene rings is 3. The molecule has 3 aromatic carbocycles. The highest BCUT2D eigenvalue weighted by Gasteiger charge is 2.20. The number of hydrogen-bond donors (Lipinski definition) is 2. The van der Waals surface area contributed by atoms with E-state index < -0.39 is 6.10 Å². The van der Waals surface area contributed by atoms with Crippen molar-refractivity contribution >= 4 is 10.8 Å². The number of rotatable bonds is 9. The van der Waals surface area contributed by atoms with Crippen molar-refractivity contribution in [2.24, 2.45) is 0 Å². The molecule has 2 unspecified atom stereocenters. The summed E-state index contributed by atoms with van der Waals surface area (Å²) in [4.78, 5) is 0. The molecule has 0 aliphatic rings. The van der Waals surface area contributed by atoms with E-state index in [1.165, 1.54) is 21.9 Å². The highest BCUT2D eigenvalue weighted by Crippen LogP contribution is 2.20. The smallest absolute Gasteiger partial charge is 0.0898 e. The molecule has 2 atom stereocenters. The molecule has 3 heteroatoms. The zero-order valence-electron chi connectivity index (χ0n) is 18.0. The molecule has 2 N–H and O–H groups in total. The number of hydrogen-bond acceptors (Lipinski definition) is 3. The normalized spacial score (nSPS) is 14.1. The molecule has 154 valence electrons. The first-order valence-corrected chi connectivity index (χ1v) is 10.4. The molecule has 0 spiro atoms. The summed E-state index contributed by atoms with van der Waals surface area (Å²) in [5.74, 6) is 0. The van der Waals surface area contributed by atoms with Gasteiger partial charge >= 0.3 is 0 Å². The lowest BCUT2D eigenvalue weighted by atomic mass is 9.93. The second-order valence-electron chi connectivity index (χ2n) is 8.66. The zero-order chi connectivity index (χ0) is 20.9. The van der Waals surface area contributed by atoms with Gasteiger partial charge in [0.1, 0.15) is 0 Å². The van der Waals surface area contributed by atoms with Crippen LogP contribution >= 0.6 is 0 Å². The van der Waals surface area contributed by atoms with Crippen LogP contribution in [0.5, 0.6) is 0 Å². The summed E-state index contributed by atoms with van der Waals surface area (Å²) in [5, 5.41) is 16.4. The van der Waals surface area contributed by atoms with Crippen molar-refractivity contribution in [2.75, 3.05) is 13.2 Å². The van der Waals surface area contributed by atoms with E-state index in [2.05, 4.69) is 92.8 Å². The van der Waals surface area contributed by atoms with Gasteiger partial charge in [0.2, 0.25) is 0 Å². The third-order valence-corrected chi connectivity index (χ3v) is 5.36. The Bertz CT molecular complexity index is 917. The number of fused-ring (bicyclic) bond motifs is 1. The van der Waals surface area contributed by atoms with E-state index in [4.69, 9.17) is 4.74 Å². The second-order valence-corrected chi connectivity index (χ2v) is 8.66. The maximum Gasteiger partial charge on any atom is 0.0898 e. The van der Waals surface area contributed by atoms with E-state index in [0.717, 1.165) is 12.0 Å². The minimum Gasteiger partial charge on any atom is -0.389 e. The van der Waals surface area contributed by atoms with Crippen molar-refractivity contribution < 1.29 is 9.84 Å². The average molecular weight is 392 g/mol. The number of nitrogens with one attached hydrogen (secondary N) is 1. The van der Waals surface area contributed by atoms with Crippen LogP contribution in [0.1, 0.15) is 43.6 Å². The summed E-state index contributed by atoms with van der Waals surface area (Å²) in [6.45, 7) is 9.25. The summed E-state index contributed by atoms with van der Waals surface area (Å²) in [6.07, 6.45) is 0.320. The first-order chi connectivity index (χ1) is 13.8. The monoisotopic (exact) mass is 391 g/mol. The van der Waals surface area contributed by atoms with Gasteiger partial charge in [-0.3, -0.25) is 0 Å². The van der Waals surface area contributed by atoms with Crippen LogP contribution in [0, 0.1) is 6.92 Å². The van der Waals surface area contributed by atoms with Gasteiger partial charge in [-0.2, -0.15) is 0 Å². The van der Waals surface area contributed by atoms with E-state index in [0.29, 0.717) is 13.2 Å². The number of aryl methyl sites for hydroxylation is 1. The second kappa shape index (κ2) is 9.53. The Kier molecular flexibility index (Phi) is 7.07. The highest BCUT2D eigenvalue weighted by atomic mass is 16.5. The number of β-amino-alcohol motifs (C(OH)–C–C–N with tert-alkyl or cyclic N) is 1. The SMILES string of the molecule is Cc1ccc(C(C)OCC(O)CNC(C)(C)Cc2ccc3ccccc3c2)cc1. The third-order valence-electron chi connectivity index (χ3n) is 5.36. The maximum atomic E-state index is 10.4. The Hall–Kier alpha value is -2.20. The highest BCUT2D eigenvalue weighted by molar-refractivity contribution is 5.83. The van der Waals surface area contributed by atoms with Crippen molar-refractivity contribution in [3.05, 3.63) is 83.4 Å². The Morgan fingerprint density at radius 3 is 2.38 bits per heavy atom. The largest absolute Gasteiger partial charge is 0.389 e. The molecule has 29 heavy (non-hydrogen) atoms. The molecule has 0 fully saturated rings. The molecule has 3 rings (SSSR count). The Morgan fingerprint density at radius 2 is 1.66 bits per heavy atom. The fraction of sp³-hybridized carbons (Fsp3) is 0.385. The summed E-state index contributed by atoms with van der Waals surface area (Å²) in [6, 6.07) is 23.4. The van der Waals surface area contributed by atoms with Crippen molar-refractivity contribution in [2.45, 2.75) is 51.9 Å². The fourth-order valence-electron chi connectivity index (χ4n) is 3.56. The van der Waals surface area contributed by atoms with Gasteiger partial charge in [-0.1, -0.05) is 72.3 Å². The molecule has 0 saturated heterocycles. The quantitative estimate of drug-likeness (QED) is 0.527. The third kappa shape index (κ3) is 6.40. The van der Waals surface area contributed by atoms with Gasteiger partial charge in [0.15, 0.2) is 0 Å². The molecule has 0 radical (unpaired) electrons. The first kappa shape index (κ1) is 21.5. The van der Waals surface area contributed by atoms with Crippen LogP contribution in [0.2, 0.25) is 0 Å². The Morgan fingerprint density at radius 1 is 0.966 bits per heavy atom. The summed E-state index contributed by atoms with van der Waals surface area (Å²) in [7, 11) is 0. The van der Waals surface area contributed by atoms with Crippen LogP contribution in [0.4, 0.5) is 0 Å². The number of aliphatic hydroxyl groups is 1. The molecule has 0 heterocycles. The van der Waals surface area contributed by atoms with Crippen LogP contribution in [-0.4, -0.2) is 29.9 Å². The average Bonchev–Trinajstić information content (AvgIpc) is 2.70. The topological polar surface area (TPSA) is 41.5 Å². The first-order valence-electron chi connectivity index (χ1n) is 10.4. The predicted octanol–water partition coefficient (Wildman–Crippen LogP) is 5.20. The Labute approximate surface area is 174 Å². The molecule has 0 amide bonds. The van der Waals surface area contributed by atoms with Crippen LogP contribution in [0.3, 0.4) is 0 Å². The van der Waals surface area contributed by atoms with Crippen LogP contribution < -0.4 is 5.32 Å². The predicted molar refractivity (Wildman–Crippen MR) is 121 cm³/mol. The molecule has 0 aromatic heterocycles. The molecule has 3 nitrogen and oxygen atoms in total. The van der Waals surface area contributed by atoms with E-state index >= 15 is 0 Å². The molecule has 0 bridgehead atoms. The van der Waals surface area contributed by atoms with Crippen molar-refractivity contribution in [3.63, 3.8) is 0 Å². The molecule has 0 saturated carbocycles. The van der Waals surface area contributed by atoms with Crippen LogP contribution in [-0.2, 0) is 11.2 Å². The van der Waals surface area contributed by atoms with Gasteiger partial charge in [0.05, 0.1) is 18.8 Å². The van der Waals surface area contributed by atoms with Crippen LogP contribution in [0.15, 0.2) is 66.7 Å². The Balaban J connectivity index is 1.47. The molecular weight excluding hydrogens is 358 g/mol. The molecule has 0 aliphatic heterocycles. The lowest BCUT2D eigenvalue weighted by molar-refractivity contribution is -0.00417. The van der Waals surface area contributed by atoms with E-state index in [9.17, 15) is 5.11 Å². The van der Waals surface area contributed by atoms with E-state index in [1.807, 2.05) is 6.92 Å². The lowest BCUT2D eigenvalue weighted by Gasteiger charge is -2.28. The van der Waals surface area contributed by atoms with Gasteiger partial charge in [-0.05, 0) is 56.0 Å². The van der Waals surface area contributed by atoms with Gasteiger partial charge in [0, 0.05) is 12.1 Å². The summed E-state index contributed by atoms with van der Waals surface area (Å²) < 4.78 is 5.87. The van der Waals surface area contributed by atoms with Crippen molar-refractivity contribution in [1.82, 2.24) is 5.32 Å². The summed E-state index contributed by atoms with van der Waals surface area (Å²) in [5.41, 5.74) is 3.54. The minimum atomic E-state index is -0.543. The molecule has 0 aliphatic carbocycles. The van der Waals surface area contributed by atoms with Gasteiger partial charge in [0.25, 0.3) is 0 Å². The number of ether oxygens (including phenoxy) is 1. The van der Waals surface area contributed by atoms with Gasteiger partial charge in [-0.25, -0.2) is 0 Å². The van der Waals surface area contributed by atoms with Gasteiger partial charge < -0.3 is 15.2 Å².